The zero-order valence-corrected chi connectivity index (χ0v) is 14.3. The molecular formula is C17H24N4O3. The molecule has 1 heterocycles. The zero-order chi connectivity index (χ0) is 17.2. The SMILES string of the molecule is CCCCCOc1ccc(C(=O)OCc2nnnn2CCC)cc1. The van der Waals surface area contributed by atoms with E-state index in [1.165, 1.54) is 0 Å². The van der Waals surface area contributed by atoms with Crippen LogP contribution in [0.3, 0.4) is 0 Å². The highest BCUT2D eigenvalue weighted by Crippen LogP contribution is 2.14. The highest BCUT2D eigenvalue weighted by atomic mass is 16.5. The lowest BCUT2D eigenvalue weighted by Gasteiger charge is -2.07. The Bertz CT molecular complexity index is 625. The van der Waals surface area contributed by atoms with Crippen LogP contribution >= 0.6 is 0 Å². The van der Waals surface area contributed by atoms with Gasteiger partial charge in [-0.3, -0.25) is 0 Å². The summed E-state index contributed by atoms with van der Waals surface area (Å²) in [4.78, 5) is 12.1. The van der Waals surface area contributed by atoms with Crippen LogP contribution in [0.1, 0.15) is 55.7 Å². The van der Waals surface area contributed by atoms with Gasteiger partial charge in [0.1, 0.15) is 5.75 Å². The van der Waals surface area contributed by atoms with Crippen LogP contribution in [-0.2, 0) is 17.9 Å². The lowest BCUT2D eigenvalue weighted by Crippen LogP contribution is -2.11. The molecule has 7 heteroatoms. The topological polar surface area (TPSA) is 79.1 Å². The van der Waals surface area contributed by atoms with Gasteiger partial charge in [0.05, 0.1) is 12.2 Å². The number of rotatable bonds is 10. The van der Waals surface area contributed by atoms with Gasteiger partial charge in [-0.25, -0.2) is 9.48 Å². The third-order valence-electron chi connectivity index (χ3n) is 3.48. The molecule has 0 atom stereocenters. The van der Waals surface area contributed by atoms with E-state index in [4.69, 9.17) is 9.47 Å². The van der Waals surface area contributed by atoms with Crippen molar-refractivity contribution < 1.29 is 14.3 Å². The second kappa shape index (κ2) is 9.64. The molecule has 0 fully saturated rings. The molecule has 1 aromatic carbocycles. The van der Waals surface area contributed by atoms with Crippen LogP contribution < -0.4 is 4.74 Å². The van der Waals surface area contributed by atoms with Crippen LogP contribution in [0.15, 0.2) is 24.3 Å². The number of carbonyl (C=O) groups is 1. The van der Waals surface area contributed by atoms with Gasteiger partial charge in [0.25, 0.3) is 0 Å². The number of hydrogen-bond donors (Lipinski definition) is 0. The molecule has 0 amide bonds. The van der Waals surface area contributed by atoms with E-state index in [1.54, 1.807) is 28.9 Å². The number of nitrogens with zero attached hydrogens (tertiary/aromatic N) is 4. The van der Waals surface area contributed by atoms with E-state index in [-0.39, 0.29) is 6.61 Å². The maximum atomic E-state index is 12.1. The van der Waals surface area contributed by atoms with Crippen molar-refractivity contribution >= 4 is 5.97 Å². The summed E-state index contributed by atoms with van der Waals surface area (Å²) in [7, 11) is 0. The number of ether oxygens (including phenoxy) is 2. The van der Waals surface area contributed by atoms with Crippen LogP contribution in [0.25, 0.3) is 0 Å². The first-order chi connectivity index (χ1) is 11.7. The Balaban J connectivity index is 1.82. The minimum atomic E-state index is -0.404. The van der Waals surface area contributed by atoms with Gasteiger partial charge in [-0.15, -0.1) is 5.10 Å². The predicted octanol–water partition coefficient (Wildman–Crippen LogP) is 3.01. The van der Waals surface area contributed by atoms with Gasteiger partial charge in [0.2, 0.25) is 0 Å². The number of benzene rings is 1. The molecule has 0 saturated heterocycles. The second-order valence-electron chi connectivity index (χ2n) is 5.47. The van der Waals surface area contributed by atoms with Crippen LogP contribution in [0.4, 0.5) is 0 Å². The molecule has 1 aromatic heterocycles. The third kappa shape index (κ3) is 5.33. The average molecular weight is 332 g/mol. The quantitative estimate of drug-likeness (QED) is 0.491. The van der Waals surface area contributed by atoms with Crippen LogP contribution in [0.5, 0.6) is 5.75 Å². The summed E-state index contributed by atoms with van der Waals surface area (Å²) >= 11 is 0. The number of hydrogen-bond acceptors (Lipinski definition) is 6. The van der Waals surface area contributed by atoms with Crippen molar-refractivity contribution in [3.8, 4) is 5.75 Å². The number of aryl methyl sites for hydroxylation is 1. The Labute approximate surface area is 142 Å². The number of tetrazole rings is 1. The van der Waals surface area contributed by atoms with E-state index >= 15 is 0 Å². The van der Waals surface area contributed by atoms with E-state index in [2.05, 4.69) is 22.4 Å². The molecule has 0 aliphatic carbocycles. The molecule has 2 rings (SSSR count). The van der Waals surface area contributed by atoms with Gasteiger partial charge in [0.15, 0.2) is 12.4 Å². The largest absolute Gasteiger partial charge is 0.494 e. The second-order valence-corrected chi connectivity index (χ2v) is 5.47. The Kier molecular flexibility index (Phi) is 7.20. The maximum Gasteiger partial charge on any atom is 0.338 e. The molecule has 130 valence electrons. The monoisotopic (exact) mass is 332 g/mol. The Morgan fingerprint density at radius 1 is 1.12 bits per heavy atom. The molecule has 0 N–H and O–H groups in total. The summed E-state index contributed by atoms with van der Waals surface area (Å²) in [5.74, 6) is 0.897. The average Bonchev–Trinajstić information content (AvgIpc) is 3.05. The fourth-order valence-corrected chi connectivity index (χ4v) is 2.15. The predicted molar refractivity (Wildman–Crippen MR) is 88.7 cm³/mol. The summed E-state index contributed by atoms with van der Waals surface area (Å²) in [6.45, 7) is 5.63. The molecule has 0 saturated carbocycles. The lowest BCUT2D eigenvalue weighted by atomic mass is 10.2. The minimum absolute atomic E-state index is 0.0566. The third-order valence-corrected chi connectivity index (χ3v) is 3.48. The summed E-state index contributed by atoms with van der Waals surface area (Å²) in [5, 5.41) is 11.3. The minimum Gasteiger partial charge on any atom is -0.494 e. The molecule has 0 bridgehead atoms. The van der Waals surface area contributed by atoms with E-state index < -0.39 is 5.97 Å². The summed E-state index contributed by atoms with van der Waals surface area (Å²) in [6, 6.07) is 6.96. The highest BCUT2D eigenvalue weighted by Gasteiger charge is 2.11. The molecule has 0 radical (unpaired) electrons. The molecule has 0 aliphatic rings. The first kappa shape index (κ1) is 17.9. The van der Waals surface area contributed by atoms with Crippen molar-refractivity contribution in [1.82, 2.24) is 20.2 Å². The molecular weight excluding hydrogens is 308 g/mol. The van der Waals surface area contributed by atoms with E-state index in [0.717, 1.165) is 31.4 Å². The van der Waals surface area contributed by atoms with Gasteiger partial charge in [-0.2, -0.15) is 0 Å². The van der Waals surface area contributed by atoms with E-state index in [1.807, 2.05) is 6.92 Å². The van der Waals surface area contributed by atoms with E-state index in [9.17, 15) is 4.79 Å². The van der Waals surface area contributed by atoms with Crippen molar-refractivity contribution in [2.75, 3.05) is 6.61 Å². The molecule has 7 nitrogen and oxygen atoms in total. The highest BCUT2D eigenvalue weighted by molar-refractivity contribution is 5.89. The Hall–Kier alpha value is -2.44. The first-order valence-corrected chi connectivity index (χ1v) is 8.39. The van der Waals surface area contributed by atoms with Crippen molar-refractivity contribution in [1.29, 1.82) is 0 Å². The maximum absolute atomic E-state index is 12.1. The molecule has 24 heavy (non-hydrogen) atoms. The standard InChI is InChI=1S/C17H24N4O3/c1-3-5-6-12-23-15-9-7-14(8-10-15)17(22)24-13-16-18-19-20-21(16)11-4-2/h7-10H,3-6,11-13H2,1-2H3. The summed E-state index contributed by atoms with van der Waals surface area (Å²) in [5.41, 5.74) is 0.477. The summed E-state index contributed by atoms with van der Waals surface area (Å²) < 4.78 is 12.5. The van der Waals surface area contributed by atoms with Crippen molar-refractivity contribution in [3.63, 3.8) is 0 Å². The van der Waals surface area contributed by atoms with Gasteiger partial charge < -0.3 is 9.47 Å². The lowest BCUT2D eigenvalue weighted by molar-refractivity contribution is 0.0456. The normalized spacial score (nSPS) is 10.6. The van der Waals surface area contributed by atoms with Gasteiger partial charge in [0, 0.05) is 6.54 Å². The Morgan fingerprint density at radius 3 is 2.62 bits per heavy atom. The fraction of sp³-hybridized carbons (Fsp3) is 0.529. The molecule has 0 spiro atoms. The number of esters is 1. The molecule has 0 unspecified atom stereocenters. The smallest absolute Gasteiger partial charge is 0.338 e. The number of aromatic nitrogens is 4. The molecule has 0 aliphatic heterocycles. The zero-order valence-electron chi connectivity index (χ0n) is 14.3. The van der Waals surface area contributed by atoms with E-state index in [0.29, 0.717) is 24.5 Å². The summed E-state index contributed by atoms with van der Waals surface area (Å²) in [6.07, 6.45) is 4.26. The van der Waals surface area contributed by atoms with Gasteiger partial charge in [-0.05, 0) is 47.5 Å². The number of unbranched alkanes of at least 4 members (excludes halogenated alkanes) is 2. The van der Waals surface area contributed by atoms with Crippen LogP contribution in [0.2, 0.25) is 0 Å². The first-order valence-electron chi connectivity index (χ1n) is 8.39. The van der Waals surface area contributed by atoms with Crippen molar-refractivity contribution in [3.05, 3.63) is 35.7 Å². The van der Waals surface area contributed by atoms with Crippen LogP contribution in [0, 0.1) is 0 Å². The molecule has 2 aromatic rings. The van der Waals surface area contributed by atoms with Gasteiger partial charge in [-0.1, -0.05) is 26.7 Å². The number of carbonyl (C=O) groups excluding carboxylic acids is 1. The Morgan fingerprint density at radius 2 is 1.92 bits per heavy atom. The van der Waals surface area contributed by atoms with Gasteiger partial charge >= 0.3 is 5.97 Å². The van der Waals surface area contributed by atoms with Crippen molar-refractivity contribution in [2.45, 2.75) is 52.7 Å². The fourth-order valence-electron chi connectivity index (χ4n) is 2.15. The van der Waals surface area contributed by atoms with Crippen molar-refractivity contribution in [2.24, 2.45) is 0 Å². The van der Waals surface area contributed by atoms with Crippen LogP contribution in [-0.4, -0.2) is 32.8 Å².